The lowest BCUT2D eigenvalue weighted by Gasteiger charge is -2.20. The third-order valence-electron chi connectivity index (χ3n) is 12.6. The molecule has 0 aliphatic rings. The number of nitrogens with zero attached hydrogens (tertiary/aromatic N) is 6. The summed E-state index contributed by atoms with van der Waals surface area (Å²) < 4.78 is 4.77. The minimum atomic E-state index is 0.436. The third-order valence-corrected chi connectivity index (χ3v) is 12.6. The maximum atomic E-state index is 9.86. The number of nitriles is 1. The van der Waals surface area contributed by atoms with Gasteiger partial charge in [0.25, 0.3) is 0 Å². The molecule has 0 fully saturated rings. The fraction of sp³-hybridized carbons (Fsp3) is 0. The van der Waals surface area contributed by atoms with Crippen LogP contribution in [0.5, 0.6) is 0 Å². The van der Waals surface area contributed by atoms with E-state index in [-0.39, 0.29) is 0 Å². The van der Waals surface area contributed by atoms with Crippen LogP contribution < -0.4 is 0 Å². The van der Waals surface area contributed by atoms with E-state index in [2.05, 4.69) is 184 Å². The Bertz CT molecular complexity index is 3820. The summed E-state index contributed by atoms with van der Waals surface area (Å²) >= 11 is 0. The summed E-state index contributed by atoms with van der Waals surface area (Å²) in [5.41, 5.74) is 15.7. The van der Waals surface area contributed by atoms with Crippen molar-refractivity contribution in [1.29, 1.82) is 5.26 Å². The minimum absolute atomic E-state index is 0.436. The number of fused-ring (bicyclic) bond motifs is 6. The number of hydrogen-bond acceptors (Lipinski definition) is 3. The maximum Gasteiger partial charge on any atom is 0.189 e. The van der Waals surface area contributed by atoms with Crippen LogP contribution in [0, 0.1) is 17.9 Å². The molecule has 0 spiro atoms. The monoisotopic (exact) mass is 840 g/mol. The lowest BCUT2D eigenvalue weighted by Crippen LogP contribution is -2.02. The molecular weight excluding hydrogens is 805 g/mol. The van der Waals surface area contributed by atoms with Gasteiger partial charge in [0, 0.05) is 54.9 Å². The molecule has 3 aromatic heterocycles. The van der Waals surface area contributed by atoms with Gasteiger partial charge in [-0.3, -0.25) is 0 Å². The van der Waals surface area contributed by atoms with Crippen molar-refractivity contribution in [2.24, 2.45) is 0 Å². The van der Waals surface area contributed by atoms with Crippen LogP contribution in [0.15, 0.2) is 218 Å². The molecule has 3 heterocycles. The van der Waals surface area contributed by atoms with E-state index in [9.17, 15) is 5.26 Å². The zero-order valence-corrected chi connectivity index (χ0v) is 35.5. The highest BCUT2D eigenvalue weighted by Crippen LogP contribution is 2.43. The summed E-state index contributed by atoms with van der Waals surface area (Å²) in [5.74, 6) is 0.653. The number of rotatable bonds is 7. The zero-order chi connectivity index (χ0) is 44.1. The van der Waals surface area contributed by atoms with Crippen LogP contribution in [0.25, 0.3) is 116 Å². The fourth-order valence-corrected chi connectivity index (χ4v) is 9.57. The van der Waals surface area contributed by atoms with Crippen LogP contribution in [-0.2, 0) is 0 Å². The maximum absolute atomic E-state index is 9.86. The average molecular weight is 841 g/mol. The second kappa shape index (κ2) is 15.8. The predicted octanol–water partition coefficient (Wildman–Crippen LogP) is 15.4. The van der Waals surface area contributed by atoms with Crippen molar-refractivity contribution in [1.82, 2.24) is 19.1 Å². The van der Waals surface area contributed by atoms with E-state index < -0.39 is 0 Å². The molecule has 12 aromatic rings. The quantitative estimate of drug-likeness (QED) is 0.150. The van der Waals surface area contributed by atoms with E-state index in [1.165, 1.54) is 10.8 Å². The number of hydrogen-bond donors (Lipinski definition) is 0. The summed E-state index contributed by atoms with van der Waals surface area (Å²) in [6.45, 7) is 7.74. The first-order valence-electron chi connectivity index (χ1n) is 21.8. The van der Waals surface area contributed by atoms with Gasteiger partial charge in [0.1, 0.15) is 0 Å². The van der Waals surface area contributed by atoms with Crippen LogP contribution in [0.1, 0.15) is 5.56 Å². The standard InChI is InChI=1S/C60H36N6/c1-62-45-33-39(38-61)32-44(34-45)42-29-31-58-51(35-42)49-23-11-15-27-57(49)66(58)59-36-43(53-37-52(40-16-4-2-5-17-40)63-60(64-53)41-18-6-3-7-19-41)28-30-50(59)48-22-10-14-26-56(48)65-54-24-12-8-20-46(54)47-21-9-13-25-55(47)65/h2-37H. The lowest BCUT2D eigenvalue weighted by molar-refractivity contribution is 1.15. The van der Waals surface area contributed by atoms with Crippen molar-refractivity contribution >= 4 is 49.3 Å². The largest absolute Gasteiger partial charge is 0.309 e. The van der Waals surface area contributed by atoms with Gasteiger partial charge in [-0.1, -0.05) is 152 Å². The summed E-state index contributed by atoms with van der Waals surface area (Å²) in [4.78, 5) is 14.1. The van der Waals surface area contributed by atoms with Gasteiger partial charge >= 0.3 is 0 Å². The number of benzene rings is 9. The smallest absolute Gasteiger partial charge is 0.189 e. The molecule has 9 aromatic carbocycles. The van der Waals surface area contributed by atoms with Gasteiger partial charge < -0.3 is 9.13 Å². The molecule has 0 amide bonds. The van der Waals surface area contributed by atoms with Crippen LogP contribution >= 0.6 is 0 Å². The van der Waals surface area contributed by atoms with Gasteiger partial charge in [-0.2, -0.15) is 5.26 Å². The summed E-state index contributed by atoms with van der Waals surface area (Å²) in [7, 11) is 0. The van der Waals surface area contributed by atoms with Gasteiger partial charge in [0.2, 0.25) is 0 Å². The van der Waals surface area contributed by atoms with E-state index in [0.717, 1.165) is 94.5 Å². The Morgan fingerprint density at radius 3 is 1.59 bits per heavy atom. The van der Waals surface area contributed by atoms with Gasteiger partial charge in [-0.15, -0.1) is 0 Å². The minimum Gasteiger partial charge on any atom is -0.309 e. The van der Waals surface area contributed by atoms with Gasteiger partial charge in [0.05, 0.1) is 57.5 Å². The van der Waals surface area contributed by atoms with E-state index >= 15 is 0 Å². The molecule has 6 nitrogen and oxygen atoms in total. The Kier molecular flexibility index (Phi) is 9.16. The second-order valence-corrected chi connectivity index (χ2v) is 16.4. The zero-order valence-electron chi connectivity index (χ0n) is 35.5. The van der Waals surface area contributed by atoms with E-state index in [4.69, 9.17) is 16.5 Å². The first kappa shape index (κ1) is 38.3. The predicted molar refractivity (Wildman–Crippen MR) is 269 cm³/mol. The number of para-hydroxylation sites is 4. The molecule has 0 atom stereocenters. The molecule has 0 radical (unpaired) electrons. The average Bonchev–Trinajstić information content (AvgIpc) is 3.91. The van der Waals surface area contributed by atoms with E-state index in [1.54, 1.807) is 6.07 Å². The molecule has 12 rings (SSSR count). The molecule has 0 aliphatic carbocycles. The van der Waals surface area contributed by atoms with E-state index in [1.807, 2.05) is 48.5 Å². The molecule has 0 saturated heterocycles. The fourth-order valence-electron chi connectivity index (χ4n) is 9.57. The molecule has 6 heteroatoms. The highest BCUT2D eigenvalue weighted by molar-refractivity contribution is 6.12. The van der Waals surface area contributed by atoms with Crippen molar-refractivity contribution < 1.29 is 0 Å². The molecule has 0 bridgehead atoms. The Balaban J connectivity index is 1.15. The molecular formula is C60H36N6. The molecule has 66 heavy (non-hydrogen) atoms. The van der Waals surface area contributed by atoms with Crippen LogP contribution in [-0.4, -0.2) is 19.1 Å². The molecule has 0 unspecified atom stereocenters. The second-order valence-electron chi connectivity index (χ2n) is 16.4. The molecule has 306 valence electrons. The lowest BCUT2D eigenvalue weighted by atomic mass is 9.97. The highest BCUT2D eigenvalue weighted by atomic mass is 15.0. The van der Waals surface area contributed by atoms with Crippen molar-refractivity contribution in [2.45, 2.75) is 0 Å². The Labute approximate surface area is 381 Å². The molecule has 0 saturated carbocycles. The molecule has 0 N–H and O–H groups in total. The SMILES string of the molecule is [C-]#[N+]c1cc(C#N)cc(-c2ccc3c(c2)c2ccccc2n3-c2cc(-c3cc(-c4ccccc4)nc(-c4ccccc4)n3)ccc2-c2ccccc2-n2c3ccccc3c3ccccc32)c1. The van der Waals surface area contributed by atoms with Crippen LogP contribution in [0.4, 0.5) is 5.69 Å². The van der Waals surface area contributed by atoms with Crippen molar-refractivity contribution in [3.8, 4) is 73.6 Å². The first-order valence-corrected chi connectivity index (χ1v) is 21.8. The molecule has 0 aliphatic heterocycles. The third kappa shape index (κ3) is 6.41. The summed E-state index contributed by atoms with van der Waals surface area (Å²) in [6.07, 6.45) is 0. The number of aromatic nitrogens is 4. The summed E-state index contributed by atoms with van der Waals surface area (Å²) in [6, 6.07) is 77.8. The first-order chi connectivity index (χ1) is 32.6. The van der Waals surface area contributed by atoms with Gasteiger partial charge in [-0.05, 0) is 77.9 Å². The Morgan fingerprint density at radius 2 is 0.924 bits per heavy atom. The van der Waals surface area contributed by atoms with Crippen molar-refractivity contribution in [3.63, 3.8) is 0 Å². The highest BCUT2D eigenvalue weighted by Gasteiger charge is 2.22. The van der Waals surface area contributed by atoms with E-state index in [0.29, 0.717) is 17.1 Å². The Morgan fingerprint density at radius 1 is 0.394 bits per heavy atom. The van der Waals surface area contributed by atoms with Crippen LogP contribution in [0.3, 0.4) is 0 Å². The van der Waals surface area contributed by atoms with Gasteiger partial charge in [-0.25, -0.2) is 14.8 Å². The van der Waals surface area contributed by atoms with Crippen LogP contribution in [0.2, 0.25) is 0 Å². The van der Waals surface area contributed by atoms with Crippen molar-refractivity contribution in [2.75, 3.05) is 0 Å². The topological polar surface area (TPSA) is 63.8 Å². The van der Waals surface area contributed by atoms with Crippen molar-refractivity contribution in [3.05, 3.63) is 235 Å². The van der Waals surface area contributed by atoms with Gasteiger partial charge in [0.15, 0.2) is 11.5 Å². The normalized spacial score (nSPS) is 11.3. The summed E-state index contributed by atoms with van der Waals surface area (Å²) in [5, 5.41) is 14.4. The Hall–Kier alpha value is -9.36.